The molecule has 0 bridgehead atoms. The molecule has 2 heteroatoms. The van der Waals surface area contributed by atoms with Crippen molar-refractivity contribution in [2.75, 3.05) is 26.3 Å². The number of ether oxygens (including phenoxy) is 1. The van der Waals surface area contributed by atoms with Crippen LogP contribution in [0.2, 0.25) is 0 Å². The summed E-state index contributed by atoms with van der Waals surface area (Å²) in [7, 11) is 0. The van der Waals surface area contributed by atoms with Gasteiger partial charge < -0.3 is 10.1 Å². The van der Waals surface area contributed by atoms with Crippen LogP contribution in [0.3, 0.4) is 0 Å². The van der Waals surface area contributed by atoms with Gasteiger partial charge in [0, 0.05) is 13.2 Å². The minimum Gasteiger partial charge on any atom is -0.380 e. The van der Waals surface area contributed by atoms with Crippen molar-refractivity contribution in [2.45, 2.75) is 51.9 Å². The second-order valence-corrected chi connectivity index (χ2v) is 4.66. The topological polar surface area (TPSA) is 21.3 Å². The molecule has 1 aliphatic rings. The molecule has 0 unspecified atom stereocenters. The lowest BCUT2D eigenvalue weighted by Gasteiger charge is -2.09. The first-order chi connectivity index (χ1) is 7.43. The molecule has 1 aliphatic carbocycles. The molecule has 2 nitrogen and oxygen atoms in total. The Kier molecular flexibility index (Phi) is 7.94. The van der Waals surface area contributed by atoms with Gasteiger partial charge in [0.25, 0.3) is 0 Å². The largest absolute Gasteiger partial charge is 0.380 e. The highest BCUT2D eigenvalue weighted by atomic mass is 16.5. The first-order valence-corrected chi connectivity index (χ1v) is 6.72. The van der Waals surface area contributed by atoms with Gasteiger partial charge in [0.15, 0.2) is 0 Å². The van der Waals surface area contributed by atoms with Gasteiger partial charge in [-0.25, -0.2) is 0 Å². The normalized spacial score (nSPS) is 17.4. The highest BCUT2D eigenvalue weighted by Crippen LogP contribution is 2.28. The molecule has 0 aromatic rings. The zero-order chi connectivity index (χ0) is 10.8. The number of hydrogen-bond acceptors (Lipinski definition) is 2. The van der Waals surface area contributed by atoms with E-state index in [-0.39, 0.29) is 0 Å². The maximum absolute atomic E-state index is 5.40. The first-order valence-electron chi connectivity index (χ1n) is 6.72. The molecular formula is C13H27NO. The summed E-state index contributed by atoms with van der Waals surface area (Å²) in [5, 5.41) is 3.44. The van der Waals surface area contributed by atoms with Crippen LogP contribution < -0.4 is 5.32 Å². The molecule has 0 aromatic carbocycles. The zero-order valence-corrected chi connectivity index (χ0v) is 10.3. The molecule has 15 heavy (non-hydrogen) atoms. The summed E-state index contributed by atoms with van der Waals surface area (Å²) in [5.74, 6) is 1.04. The third kappa shape index (κ3) is 6.91. The fourth-order valence-electron chi connectivity index (χ4n) is 2.33. The van der Waals surface area contributed by atoms with Gasteiger partial charge in [-0.3, -0.25) is 0 Å². The summed E-state index contributed by atoms with van der Waals surface area (Å²) in [5.41, 5.74) is 0. The number of nitrogens with one attached hydrogen (secondary N) is 1. The fraction of sp³-hybridized carbons (Fsp3) is 1.00. The lowest BCUT2D eigenvalue weighted by molar-refractivity contribution is 0.136. The van der Waals surface area contributed by atoms with Crippen LogP contribution >= 0.6 is 0 Å². The maximum Gasteiger partial charge on any atom is 0.0590 e. The van der Waals surface area contributed by atoms with Crippen LogP contribution in [0.1, 0.15) is 51.9 Å². The van der Waals surface area contributed by atoms with Crippen molar-refractivity contribution in [3.63, 3.8) is 0 Å². The van der Waals surface area contributed by atoms with Crippen molar-refractivity contribution in [1.29, 1.82) is 0 Å². The Labute approximate surface area is 94.8 Å². The molecule has 0 aliphatic heterocycles. The van der Waals surface area contributed by atoms with Crippen LogP contribution in [0.25, 0.3) is 0 Å². The van der Waals surface area contributed by atoms with Gasteiger partial charge in [-0.05, 0) is 31.7 Å². The molecule has 0 atom stereocenters. The van der Waals surface area contributed by atoms with E-state index in [1.54, 1.807) is 0 Å². The van der Waals surface area contributed by atoms with Crippen molar-refractivity contribution >= 4 is 0 Å². The van der Waals surface area contributed by atoms with Crippen LogP contribution in [0.15, 0.2) is 0 Å². The molecule has 0 radical (unpaired) electrons. The highest BCUT2D eigenvalue weighted by molar-refractivity contribution is 4.67. The second kappa shape index (κ2) is 9.17. The molecular weight excluding hydrogens is 186 g/mol. The van der Waals surface area contributed by atoms with Crippen molar-refractivity contribution in [3.8, 4) is 0 Å². The summed E-state index contributed by atoms with van der Waals surface area (Å²) >= 11 is 0. The minimum atomic E-state index is 0.872. The van der Waals surface area contributed by atoms with E-state index in [1.807, 2.05) is 0 Å². The van der Waals surface area contributed by atoms with E-state index in [0.717, 1.165) is 32.1 Å². The van der Waals surface area contributed by atoms with E-state index in [1.165, 1.54) is 45.1 Å². The Hall–Kier alpha value is -0.0800. The maximum atomic E-state index is 5.40. The lowest BCUT2D eigenvalue weighted by atomic mass is 10.0. The molecule has 90 valence electrons. The molecule has 0 amide bonds. The number of rotatable bonds is 9. The van der Waals surface area contributed by atoms with Crippen molar-refractivity contribution in [1.82, 2.24) is 5.32 Å². The van der Waals surface area contributed by atoms with E-state index in [2.05, 4.69) is 12.2 Å². The second-order valence-electron chi connectivity index (χ2n) is 4.66. The predicted octanol–water partition coefficient (Wildman–Crippen LogP) is 2.97. The van der Waals surface area contributed by atoms with Crippen LogP contribution in [-0.4, -0.2) is 26.3 Å². The average molecular weight is 213 g/mol. The average Bonchev–Trinajstić information content (AvgIpc) is 2.75. The summed E-state index contributed by atoms with van der Waals surface area (Å²) in [4.78, 5) is 0. The smallest absolute Gasteiger partial charge is 0.0590 e. The molecule has 0 aromatic heterocycles. The molecule has 1 rings (SSSR count). The summed E-state index contributed by atoms with van der Waals surface area (Å²) in [6.07, 6.45) is 9.83. The summed E-state index contributed by atoms with van der Waals surface area (Å²) in [6, 6.07) is 0. The van der Waals surface area contributed by atoms with Crippen molar-refractivity contribution < 1.29 is 4.74 Å². The Balaban J connectivity index is 1.73. The molecule has 1 N–H and O–H groups in total. The first kappa shape index (κ1) is 13.0. The van der Waals surface area contributed by atoms with Crippen LogP contribution in [0.5, 0.6) is 0 Å². The SMILES string of the molecule is CCCOCCNCCCC1CCCC1. The van der Waals surface area contributed by atoms with Crippen LogP contribution in [0.4, 0.5) is 0 Å². The van der Waals surface area contributed by atoms with Crippen LogP contribution in [0, 0.1) is 5.92 Å². The zero-order valence-electron chi connectivity index (χ0n) is 10.3. The van der Waals surface area contributed by atoms with E-state index in [9.17, 15) is 0 Å². The Morgan fingerprint density at radius 1 is 1.13 bits per heavy atom. The third-order valence-electron chi connectivity index (χ3n) is 3.21. The van der Waals surface area contributed by atoms with E-state index in [4.69, 9.17) is 4.74 Å². The van der Waals surface area contributed by atoms with Crippen molar-refractivity contribution in [3.05, 3.63) is 0 Å². The minimum absolute atomic E-state index is 0.872. The Morgan fingerprint density at radius 3 is 2.67 bits per heavy atom. The standard InChI is InChI=1S/C13H27NO/c1-2-11-15-12-10-14-9-5-8-13-6-3-4-7-13/h13-14H,2-12H2,1H3. The van der Waals surface area contributed by atoms with E-state index >= 15 is 0 Å². The molecule has 0 saturated heterocycles. The molecule has 1 fully saturated rings. The quantitative estimate of drug-likeness (QED) is 0.595. The van der Waals surface area contributed by atoms with Gasteiger partial charge in [0.1, 0.15) is 0 Å². The third-order valence-corrected chi connectivity index (χ3v) is 3.21. The highest BCUT2D eigenvalue weighted by Gasteiger charge is 2.13. The molecule has 1 saturated carbocycles. The van der Waals surface area contributed by atoms with Crippen LogP contribution in [-0.2, 0) is 4.74 Å². The van der Waals surface area contributed by atoms with Gasteiger partial charge in [0.2, 0.25) is 0 Å². The monoisotopic (exact) mass is 213 g/mol. The van der Waals surface area contributed by atoms with Gasteiger partial charge >= 0.3 is 0 Å². The van der Waals surface area contributed by atoms with Gasteiger partial charge in [-0.2, -0.15) is 0 Å². The number of hydrogen-bond donors (Lipinski definition) is 1. The van der Waals surface area contributed by atoms with Crippen molar-refractivity contribution in [2.24, 2.45) is 5.92 Å². The lowest BCUT2D eigenvalue weighted by Crippen LogP contribution is -2.21. The predicted molar refractivity (Wildman–Crippen MR) is 65.2 cm³/mol. The summed E-state index contributed by atoms with van der Waals surface area (Å²) < 4.78 is 5.40. The van der Waals surface area contributed by atoms with E-state index in [0.29, 0.717) is 0 Å². The van der Waals surface area contributed by atoms with Gasteiger partial charge in [-0.15, -0.1) is 0 Å². The Bertz CT molecular complexity index is 132. The Morgan fingerprint density at radius 2 is 1.93 bits per heavy atom. The van der Waals surface area contributed by atoms with Gasteiger partial charge in [0.05, 0.1) is 6.61 Å². The fourth-order valence-corrected chi connectivity index (χ4v) is 2.33. The molecule has 0 heterocycles. The van der Waals surface area contributed by atoms with E-state index < -0.39 is 0 Å². The summed E-state index contributed by atoms with van der Waals surface area (Å²) in [6.45, 7) is 6.12. The van der Waals surface area contributed by atoms with Gasteiger partial charge in [-0.1, -0.05) is 32.6 Å². The molecule has 0 spiro atoms.